The van der Waals surface area contributed by atoms with Crippen LogP contribution in [0.25, 0.3) is 0 Å². The first-order valence-corrected chi connectivity index (χ1v) is 6.76. The van der Waals surface area contributed by atoms with Gasteiger partial charge in [-0.1, -0.05) is 0 Å². The summed E-state index contributed by atoms with van der Waals surface area (Å²) < 4.78 is 2.74. The van der Waals surface area contributed by atoms with Crippen LogP contribution in [0.4, 0.5) is 11.4 Å². The molecule has 0 aromatic heterocycles. The number of nitrogens with two attached hydrogens (primary N) is 2. The molecular formula is C12H12ClIN2. The normalized spacial score (nSPS) is 9.50. The number of nitrogen functional groups attached to an aromatic ring is 2. The molecule has 2 aromatic carbocycles. The number of rotatable bonds is 2. The summed E-state index contributed by atoms with van der Waals surface area (Å²) in [6.07, 6.45) is 0. The molecule has 0 aliphatic heterocycles. The van der Waals surface area contributed by atoms with Crippen molar-refractivity contribution in [3.05, 3.63) is 55.7 Å². The third kappa shape index (κ3) is 3.57. The molecule has 2 nitrogen and oxygen atoms in total. The fourth-order valence-corrected chi connectivity index (χ4v) is 3.34. The van der Waals surface area contributed by atoms with Gasteiger partial charge in [-0.25, -0.2) is 0 Å². The number of anilines is 2. The van der Waals surface area contributed by atoms with Crippen molar-refractivity contribution in [1.29, 1.82) is 0 Å². The quantitative estimate of drug-likeness (QED) is 0.430. The fourth-order valence-electron chi connectivity index (χ4n) is 1.18. The van der Waals surface area contributed by atoms with Crippen molar-refractivity contribution in [2.45, 2.75) is 0 Å². The number of benzene rings is 2. The van der Waals surface area contributed by atoms with Crippen LogP contribution in [0, 0.1) is 7.14 Å². The van der Waals surface area contributed by atoms with Crippen LogP contribution in [-0.4, -0.2) is 0 Å². The molecule has 0 bridgehead atoms. The van der Waals surface area contributed by atoms with E-state index in [9.17, 15) is 0 Å². The minimum Gasteiger partial charge on any atom is -1.00 e. The van der Waals surface area contributed by atoms with Crippen LogP contribution in [0.15, 0.2) is 48.5 Å². The van der Waals surface area contributed by atoms with Gasteiger partial charge in [-0.3, -0.25) is 0 Å². The molecule has 84 valence electrons. The van der Waals surface area contributed by atoms with Crippen LogP contribution >= 0.6 is 0 Å². The Hall–Kier alpha value is -0.940. The molecular weight excluding hydrogens is 335 g/mol. The molecule has 4 heteroatoms. The maximum Gasteiger partial charge on any atom is 0.357 e. The van der Waals surface area contributed by atoms with E-state index in [1.165, 1.54) is 7.14 Å². The Morgan fingerprint density at radius 2 is 0.938 bits per heavy atom. The van der Waals surface area contributed by atoms with Crippen LogP contribution in [0.5, 0.6) is 0 Å². The van der Waals surface area contributed by atoms with Gasteiger partial charge in [0.1, 0.15) is 0 Å². The Balaban J connectivity index is 0.00000128. The predicted octanol–water partition coefficient (Wildman–Crippen LogP) is -4.02. The highest BCUT2D eigenvalue weighted by Crippen LogP contribution is 1.99. The molecule has 16 heavy (non-hydrogen) atoms. The zero-order chi connectivity index (χ0) is 10.7. The van der Waals surface area contributed by atoms with Gasteiger partial charge < -0.3 is 23.9 Å². The molecule has 0 aliphatic carbocycles. The average molecular weight is 347 g/mol. The van der Waals surface area contributed by atoms with Crippen LogP contribution in [0.3, 0.4) is 0 Å². The van der Waals surface area contributed by atoms with Crippen molar-refractivity contribution >= 4 is 11.4 Å². The van der Waals surface area contributed by atoms with E-state index in [0.29, 0.717) is 0 Å². The lowest BCUT2D eigenvalue weighted by atomic mass is 10.3. The summed E-state index contributed by atoms with van der Waals surface area (Å²) in [5, 5.41) is 0. The number of hydrogen-bond acceptors (Lipinski definition) is 2. The average Bonchev–Trinajstić information content (AvgIpc) is 2.25. The van der Waals surface area contributed by atoms with Gasteiger partial charge in [-0.05, 0) is 48.5 Å². The zero-order valence-corrected chi connectivity index (χ0v) is 11.4. The third-order valence-electron chi connectivity index (χ3n) is 1.96. The Morgan fingerprint density at radius 3 is 1.25 bits per heavy atom. The standard InChI is InChI=1S/C12H12IN2.ClH/c14-11-5-1-9(2-6-11)13-10-3-7-12(15)8-4-10;/h1-8H,14-15H2;1H/q+1;/p-1. The zero-order valence-electron chi connectivity index (χ0n) is 8.53. The summed E-state index contributed by atoms with van der Waals surface area (Å²) in [5.74, 6) is 0. The van der Waals surface area contributed by atoms with Gasteiger partial charge in [0, 0.05) is 11.4 Å². The van der Waals surface area contributed by atoms with Crippen LogP contribution in [0.1, 0.15) is 0 Å². The van der Waals surface area contributed by atoms with Crippen LogP contribution in [-0.2, 0) is 0 Å². The highest BCUT2D eigenvalue weighted by atomic mass is 127. The first kappa shape index (κ1) is 13.1. The van der Waals surface area contributed by atoms with Crippen molar-refractivity contribution in [1.82, 2.24) is 0 Å². The second-order valence-corrected chi connectivity index (χ2v) is 6.23. The molecule has 0 heterocycles. The molecule has 0 saturated carbocycles. The lowest BCUT2D eigenvalue weighted by Gasteiger charge is -1.91. The largest absolute Gasteiger partial charge is 1.00 e. The molecule has 0 saturated heterocycles. The van der Waals surface area contributed by atoms with E-state index in [1.807, 2.05) is 24.3 Å². The van der Waals surface area contributed by atoms with Crippen LogP contribution < -0.4 is 45.1 Å². The molecule has 0 aliphatic rings. The van der Waals surface area contributed by atoms with E-state index in [0.717, 1.165) is 11.4 Å². The summed E-state index contributed by atoms with van der Waals surface area (Å²) in [6, 6.07) is 16.2. The third-order valence-corrected chi connectivity index (χ3v) is 4.64. The van der Waals surface area contributed by atoms with Gasteiger partial charge in [0.05, 0.1) is 0 Å². The van der Waals surface area contributed by atoms with Gasteiger partial charge in [0.15, 0.2) is 7.14 Å². The van der Waals surface area contributed by atoms with E-state index in [4.69, 9.17) is 11.5 Å². The fraction of sp³-hybridized carbons (Fsp3) is 0. The van der Waals surface area contributed by atoms with Crippen molar-refractivity contribution in [3.63, 3.8) is 0 Å². The first-order chi connectivity index (χ1) is 7.24. The lowest BCUT2D eigenvalue weighted by molar-refractivity contribution is -0.597. The van der Waals surface area contributed by atoms with E-state index >= 15 is 0 Å². The second-order valence-electron chi connectivity index (χ2n) is 3.20. The lowest BCUT2D eigenvalue weighted by Crippen LogP contribution is -3.61. The van der Waals surface area contributed by atoms with Gasteiger partial charge in [-0.2, -0.15) is 0 Å². The van der Waals surface area contributed by atoms with Crippen molar-refractivity contribution < 1.29 is 33.6 Å². The highest BCUT2D eigenvalue weighted by molar-refractivity contribution is 5.37. The van der Waals surface area contributed by atoms with E-state index in [1.54, 1.807) is 0 Å². The smallest absolute Gasteiger partial charge is 0.357 e. The number of halogens is 2. The molecule has 2 aromatic rings. The maximum absolute atomic E-state index is 5.64. The van der Waals surface area contributed by atoms with E-state index < -0.39 is 0 Å². The summed E-state index contributed by atoms with van der Waals surface area (Å²) in [4.78, 5) is 0. The summed E-state index contributed by atoms with van der Waals surface area (Å²) in [7, 11) is 0. The molecule has 4 N–H and O–H groups in total. The van der Waals surface area contributed by atoms with Gasteiger partial charge in [0.25, 0.3) is 0 Å². The Morgan fingerprint density at radius 1 is 0.625 bits per heavy atom. The number of hydrogen-bond donors (Lipinski definition) is 2. The second kappa shape index (κ2) is 5.96. The molecule has 0 unspecified atom stereocenters. The van der Waals surface area contributed by atoms with Crippen molar-refractivity contribution in [2.75, 3.05) is 11.5 Å². The topological polar surface area (TPSA) is 52.0 Å². The molecule has 0 amide bonds. The summed E-state index contributed by atoms with van der Waals surface area (Å²) in [6.45, 7) is 0. The highest BCUT2D eigenvalue weighted by Gasteiger charge is 2.14. The SMILES string of the molecule is Nc1ccc([I+]c2ccc(N)cc2)cc1.[Cl-]. The van der Waals surface area contributed by atoms with Crippen LogP contribution in [0.2, 0.25) is 0 Å². The summed E-state index contributed by atoms with van der Waals surface area (Å²) in [5.41, 5.74) is 12.9. The van der Waals surface area contributed by atoms with Gasteiger partial charge in [0.2, 0.25) is 0 Å². The minimum absolute atomic E-state index is 0. The maximum atomic E-state index is 5.64. The molecule has 0 spiro atoms. The van der Waals surface area contributed by atoms with Gasteiger partial charge in [-0.15, -0.1) is 0 Å². The predicted molar refractivity (Wildman–Crippen MR) is 59.1 cm³/mol. The van der Waals surface area contributed by atoms with E-state index in [2.05, 4.69) is 24.3 Å². The Labute approximate surface area is 112 Å². The molecule has 2 rings (SSSR count). The van der Waals surface area contributed by atoms with Gasteiger partial charge >= 0.3 is 21.2 Å². The molecule has 0 fully saturated rings. The minimum atomic E-state index is -0.108. The first-order valence-electron chi connectivity index (χ1n) is 4.60. The van der Waals surface area contributed by atoms with E-state index in [-0.39, 0.29) is 33.6 Å². The monoisotopic (exact) mass is 346 g/mol. The Kier molecular flexibility index (Phi) is 4.89. The molecule has 0 radical (unpaired) electrons. The Bertz CT molecular complexity index is 396. The van der Waals surface area contributed by atoms with Crippen molar-refractivity contribution in [2.24, 2.45) is 0 Å². The van der Waals surface area contributed by atoms with Crippen molar-refractivity contribution in [3.8, 4) is 0 Å². The molecule has 0 atom stereocenters. The summed E-state index contributed by atoms with van der Waals surface area (Å²) >= 11 is -0.108.